The Kier molecular flexibility index (Phi) is 8.76. The van der Waals surface area contributed by atoms with Crippen LogP contribution in [0, 0.1) is 11.8 Å². The van der Waals surface area contributed by atoms with Crippen molar-refractivity contribution in [3.63, 3.8) is 0 Å². The van der Waals surface area contributed by atoms with E-state index in [0.29, 0.717) is 38.8 Å². The summed E-state index contributed by atoms with van der Waals surface area (Å²) in [5.41, 5.74) is 14.0. The van der Waals surface area contributed by atoms with E-state index in [2.05, 4.69) is 5.32 Å². The predicted octanol–water partition coefficient (Wildman–Crippen LogP) is 3.09. The lowest BCUT2D eigenvalue weighted by Gasteiger charge is -2.37. The molecule has 0 spiro atoms. The van der Waals surface area contributed by atoms with Crippen molar-refractivity contribution in [2.24, 2.45) is 23.3 Å². The molecule has 9 nitrogen and oxygen atoms in total. The second kappa shape index (κ2) is 11.9. The fraction of sp³-hybridized carbons (Fsp3) is 0.517. The van der Waals surface area contributed by atoms with E-state index >= 15 is 0 Å². The summed E-state index contributed by atoms with van der Waals surface area (Å²) < 4.78 is 0. The zero-order chi connectivity index (χ0) is 28.3. The van der Waals surface area contributed by atoms with Gasteiger partial charge in [-0.2, -0.15) is 11.3 Å². The molecule has 2 unspecified atom stereocenters. The summed E-state index contributed by atoms with van der Waals surface area (Å²) in [4.78, 5) is 55.3. The molecule has 4 rings (SSSR count). The Balaban J connectivity index is 1.59. The Morgan fingerprint density at radius 2 is 2.00 bits per heavy atom. The lowest BCUT2D eigenvalue weighted by atomic mass is 9.78. The van der Waals surface area contributed by atoms with E-state index in [4.69, 9.17) is 11.5 Å². The summed E-state index contributed by atoms with van der Waals surface area (Å²) in [5.74, 6) is -1.08. The minimum absolute atomic E-state index is 0.0560. The van der Waals surface area contributed by atoms with Crippen LogP contribution in [0.3, 0.4) is 0 Å². The van der Waals surface area contributed by atoms with Gasteiger partial charge in [0, 0.05) is 25.8 Å². The molecular weight excluding hydrogens is 514 g/mol. The summed E-state index contributed by atoms with van der Waals surface area (Å²) >= 11 is 1.55. The highest BCUT2D eigenvalue weighted by atomic mass is 32.1. The Bertz CT molecular complexity index is 1230. The number of carbonyl (C=O) groups excluding carboxylic acids is 4. The van der Waals surface area contributed by atoms with Gasteiger partial charge in [-0.3, -0.25) is 19.2 Å². The van der Waals surface area contributed by atoms with E-state index in [0.717, 1.165) is 28.9 Å². The highest BCUT2D eigenvalue weighted by molar-refractivity contribution is 7.07. The van der Waals surface area contributed by atoms with E-state index in [-0.39, 0.29) is 36.0 Å². The van der Waals surface area contributed by atoms with E-state index in [1.54, 1.807) is 21.1 Å². The normalized spacial score (nSPS) is 19.7. The number of thiophene rings is 1. The maximum Gasteiger partial charge on any atom is 0.250 e. The molecule has 5 N–H and O–H groups in total. The summed E-state index contributed by atoms with van der Waals surface area (Å²) in [6, 6.07) is 6.99. The number of nitrogens with two attached hydrogens (primary N) is 2. The number of anilines is 2. The van der Waals surface area contributed by atoms with Crippen LogP contribution >= 0.6 is 11.3 Å². The number of para-hydroxylation sites is 1. The first kappa shape index (κ1) is 28.8. The van der Waals surface area contributed by atoms with Crippen LogP contribution in [0.4, 0.5) is 11.4 Å². The zero-order valence-electron chi connectivity index (χ0n) is 22.9. The van der Waals surface area contributed by atoms with Gasteiger partial charge in [-0.1, -0.05) is 32.9 Å². The summed E-state index contributed by atoms with van der Waals surface area (Å²) in [6.45, 7) is 6.76. The number of hydrogen-bond donors (Lipinski definition) is 3. The van der Waals surface area contributed by atoms with Gasteiger partial charge in [0.2, 0.25) is 23.6 Å². The van der Waals surface area contributed by atoms with Gasteiger partial charge in [-0.25, -0.2) is 0 Å². The predicted molar refractivity (Wildman–Crippen MR) is 153 cm³/mol. The number of primary amides is 1. The average Bonchev–Trinajstić information content (AvgIpc) is 3.57. The number of hydrogen-bond acceptors (Lipinski definition) is 6. The van der Waals surface area contributed by atoms with Crippen LogP contribution in [0.25, 0.3) is 0 Å². The summed E-state index contributed by atoms with van der Waals surface area (Å²) in [7, 11) is 0. The van der Waals surface area contributed by atoms with Gasteiger partial charge < -0.3 is 26.6 Å². The van der Waals surface area contributed by atoms with Gasteiger partial charge in [0.15, 0.2) is 0 Å². The van der Waals surface area contributed by atoms with Gasteiger partial charge in [-0.05, 0) is 65.1 Å². The highest BCUT2D eigenvalue weighted by Gasteiger charge is 2.39. The number of fused-ring (bicyclic) bond motifs is 1. The first-order valence-electron chi connectivity index (χ1n) is 13.7. The number of nitrogens with one attached hydrogen (secondary N) is 1. The lowest BCUT2D eigenvalue weighted by Crippen LogP contribution is -2.54. The molecule has 1 aromatic carbocycles. The molecule has 1 fully saturated rings. The highest BCUT2D eigenvalue weighted by Crippen LogP contribution is 2.40. The molecule has 1 saturated heterocycles. The van der Waals surface area contributed by atoms with Crippen LogP contribution < -0.4 is 26.6 Å². The standard InChI is InChI=1S/C29H39N5O4S/c1-4-29(31,28(30)38)15-21(18(2)3)14-24(35)32-22-13-20-7-5-8-23(33-11-6-9-25(33)36)26(20)34(27(22)37)16-19-10-12-39-17-19/h5,7-8,10,12,17-18,21-22H,4,6,9,11,13-16,31H2,1-3H3,(H2,30,38)(H,32,35)/t21?,22?,29-/m0/s1. The quantitative estimate of drug-likeness (QED) is 0.392. The molecule has 0 saturated carbocycles. The fourth-order valence-corrected chi connectivity index (χ4v) is 6.20. The third-order valence-corrected chi connectivity index (χ3v) is 8.85. The monoisotopic (exact) mass is 553 g/mol. The molecule has 1 aromatic heterocycles. The molecule has 3 heterocycles. The van der Waals surface area contributed by atoms with Crippen molar-refractivity contribution in [1.29, 1.82) is 0 Å². The third-order valence-electron chi connectivity index (χ3n) is 8.12. The van der Waals surface area contributed by atoms with Crippen molar-refractivity contribution in [3.8, 4) is 0 Å². The van der Waals surface area contributed by atoms with Crippen LogP contribution in [0.15, 0.2) is 35.0 Å². The molecule has 0 radical (unpaired) electrons. The molecule has 0 aliphatic carbocycles. The van der Waals surface area contributed by atoms with Crippen molar-refractivity contribution in [3.05, 3.63) is 46.2 Å². The molecule has 210 valence electrons. The Hall–Kier alpha value is -3.24. The molecule has 0 bridgehead atoms. The van der Waals surface area contributed by atoms with Gasteiger partial charge in [-0.15, -0.1) is 0 Å². The van der Waals surface area contributed by atoms with Crippen molar-refractivity contribution in [2.45, 2.75) is 77.4 Å². The fourth-order valence-electron chi connectivity index (χ4n) is 5.54. The van der Waals surface area contributed by atoms with Crippen molar-refractivity contribution < 1.29 is 19.2 Å². The maximum atomic E-state index is 13.9. The molecule has 2 aromatic rings. The first-order chi connectivity index (χ1) is 18.5. The van der Waals surface area contributed by atoms with Gasteiger partial charge in [0.25, 0.3) is 0 Å². The minimum Gasteiger partial charge on any atom is -0.368 e. The van der Waals surface area contributed by atoms with E-state index in [1.165, 1.54) is 0 Å². The molecule has 39 heavy (non-hydrogen) atoms. The second-order valence-corrected chi connectivity index (χ2v) is 11.9. The van der Waals surface area contributed by atoms with Gasteiger partial charge in [0.05, 0.1) is 23.5 Å². The minimum atomic E-state index is -1.18. The zero-order valence-corrected chi connectivity index (χ0v) is 23.8. The van der Waals surface area contributed by atoms with Crippen molar-refractivity contribution in [2.75, 3.05) is 16.3 Å². The molecule has 10 heteroatoms. The number of nitrogens with zero attached hydrogens (tertiary/aromatic N) is 2. The van der Waals surface area contributed by atoms with Crippen LogP contribution in [-0.4, -0.2) is 41.8 Å². The molecule has 2 aliphatic rings. The van der Waals surface area contributed by atoms with E-state index in [1.807, 2.05) is 55.8 Å². The lowest BCUT2D eigenvalue weighted by molar-refractivity contribution is -0.129. The number of carbonyl (C=O) groups is 4. The average molecular weight is 554 g/mol. The topological polar surface area (TPSA) is 139 Å². The smallest absolute Gasteiger partial charge is 0.250 e. The SMILES string of the molecule is CC[C@](N)(CC(CC(=O)NC1Cc2cccc(N3CCCC3=O)c2N(Cc2ccsc2)C1=O)C(C)C)C(N)=O. The number of benzene rings is 1. The third kappa shape index (κ3) is 6.17. The van der Waals surface area contributed by atoms with Gasteiger partial charge >= 0.3 is 0 Å². The van der Waals surface area contributed by atoms with Crippen molar-refractivity contribution in [1.82, 2.24) is 5.32 Å². The Labute approximate surface area is 233 Å². The second-order valence-electron chi connectivity index (χ2n) is 11.1. The van der Waals surface area contributed by atoms with E-state index in [9.17, 15) is 19.2 Å². The number of rotatable bonds is 11. The van der Waals surface area contributed by atoms with E-state index < -0.39 is 17.5 Å². The van der Waals surface area contributed by atoms with Crippen LogP contribution in [0.1, 0.15) is 64.0 Å². The van der Waals surface area contributed by atoms with Crippen LogP contribution in [-0.2, 0) is 32.1 Å². The van der Waals surface area contributed by atoms with Gasteiger partial charge in [0.1, 0.15) is 6.04 Å². The van der Waals surface area contributed by atoms with Crippen molar-refractivity contribution >= 4 is 46.3 Å². The molecule has 4 amide bonds. The number of amides is 4. The van der Waals surface area contributed by atoms with Crippen LogP contribution in [0.5, 0.6) is 0 Å². The molecule has 2 aliphatic heterocycles. The summed E-state index contributed by atoms with van der Waals surface area (Å²) in [6.07, 6.45) is 2.42. The Morgan fingerprint density at radius 3 is 2.59 bits per heavy atom. The molecule has 3 atom stereocenters. The van der Waals surface area contributed by atoms with Crippen LogP contribution in [0.2, 0.25) is 0 Å². The first-order valence-corrected chi connectivity index (χ1v) is 14.6. The largest absolute Gasteiger partial charge is 0.368 e. The Morgan fingerprint density at radius 1 is 1.23 bits per heavy atom. The summed E-state index contributed by atoms with van der Waals surface area (Å²) in [5, 5.41) is 6.93. The molecular formula is C29H39N5O4S. The maximum absolute atomic E-state index is 13.9.